The predicted molar refractivity (Wildman–Crippen MR) is 76.0 cm³/mol. The molecule has 1 aromatic carbocycles. The lowest BCUT2D eigenvalue weighted by Gasteiger charge is -2.17. The molecule has 0 saturated heterocycles. The van der Waals surface area contributed by atoms with Crippen LogP contribution in [0.25, 0.3) is 0 Å². The number of nitrogens with one attached hydrogen (secondary N) is 1. The monoisotopic (exact) mass is 283 g/mol. The van der Waals surface area contributed by atoms with Gasteiger partial charge in [-0.3, -0.25) is 0 Å². The first-order valence-electron chi connectivity index (χ1n) is 6.01. The first kappa shape index (κ1) is 13.6. The first-order chi connectivity index (χ1) is 7.47. The average molecular weight is 284 g/mol. The van der Waals surface area contributed by atoms with Crippen LogP contribution in [0.15, 0.2) is 22.7 Å². The van der Waals surface area contributed by atoms with Crippen LogP contribution in [0, 0.1) is 12.8 Å². The highest BCUT2D eigenvalue weighted by atomic mass is 79.9. The van der Waals surface area contributed by atoms with Crippen LogP contribution in [0.5, 0.6) is 0 Å². The Balaban J connectivity index is 2.52. The lowest BCUT2D eigenvalue weighted by atomic mass is 10.0. The number of aryl methyl sites for hydroxylation is 1. The summed E-state index contributed by atoms with van der Waals surface area (Å²) in [5.41, 5.74) is 2.50. The first-order valence-corrected chi connectivity index (χ1v) is 6.80. The zero-order valence-electron chi connectivity index (χ0n) is 10.7. The Morgan fingerprint density at radius 1 is 1.12 bits per heavy atom. The van der Waals surface area contributed by atoms with Crippen molar-refractivity contribution < 1.29 is 0 Å². The summed E-state index contributed by atoms with van der Waals surface area (Å²) in [6.07, 6.45) is 2.50. The normalized spacial score (nSPS) is 12.9. The number of hydrogen-bond donors (Lipinski definition) is 1. The van der Waals surface area contributed by atoms with E-state index in [0.29, 0.717) is 6.04 Å². The maximum atomic E-state index is 3.55. The van der Waals surface area contributed by atoms with Crippen LogP contribution in [0.2, 0.25) is 0 Å². The smallest absolute Gasteiger partial charge is 0.0356 e. The van der Waals surface area contributed by atoms with E-state index < -0.39 is 0 Å². The lowest BCUT2D eigenvalue weighted by Crippen LogP contribution is -2.15. The molecule has 0 aliphatic rings. The molecule has 0 fully saturated rings. The Kier molecular flexibility index (Phi) is 5.33. The van der Waals surface area contributed by atoms with E-state index >= 15 is 0 Å². The van der Waals surface area contributed by atoms with Crippen LogP contribution in [-0.2, 0) is 0 Å². The molecule has 90 valence electrons. The van der Waals surface area contributed by atoms with Crippen molar-refractivity contribution in [1.29, 1.82) is 0 Å². The van der Waals surface area contributed by atoms with E-state index in [-0.39, 0.29) is 0 Å². The summed E-state index contributed by atoms with van der Waals surface area (Å²) in [6, 6.07) is 7.00. The van der Waals surface area contributed by atoms with Gasteiger partial charge < -0.3 is 5.32 Å². The molecule has 0 saturated carbocycles. The second-order valence-corrected chi connectivity index (χ2v) is 5.95. The fraction of sp³-hybridized carbons (Fsp3) is 0.571. The van der Waals surface area contributed by atoms with Gasteiger partial charge in [0.15, 0.2) is 0 Å². The van der Waals surface area contributed by atoms with E-state index in [1.54, 1.807) is 0 Å². The van der Waals surface area contributed by atoms with Gasteiger partial charge in [-0.15, -0.1) is 0 Å². The molecule has 0 aliphatic carbocycles. The van der Waals surface area contributed by atoms with Gasteiger partial charge in [0, 0.05) is 16.2 Å². The standard InChI is InChI=1S/C14H22BrN/c1-10(2)5-6-12(4)16-14-8-11(3)7-13(15)9-14/h7-10,12,16H,5-6H2,1-4H3. The van der Waals surface area contributed by atoms with Crippen molar-refractivity contribution in [3.63, 3.8) is 0 Å². The molecule has 2 heteroatoms. The fourth-order valence-electron chi connectivity index (χ4n) is 1.76. The molecule has 0 aliphatic heterocycles. The third-order valence-corrected chi connectivity index (χ3v) is 3.09. The lowest BCUT2D eigenvalue weighted by molar-refractivity contribution is 0.527. The van der Waals surface area contributed by atoms with Gasteiger partial charge in [0.1, 0.15) is 0 Å². The van der Waals surface area contributed by atoms with Crippen molar-refractivity contribution >= 4 is 21.6 Å². The quantitative estimate of drug-likeness (QED) is 0.802. The van der Waals surface area contributed by atoms with Gasteiger partial charge in [0.25, 0.3) is 0 Å². The summed E-state index contributed by atoms with van der Waals surface area (Å²) in [4.78, 5) is 0. The third-order valence-electron chi connectivity index (χ3n) is 2.63. The molecule has 1 atom stereocenters. The van der Waals surface area contributed by atoms with Gasteiger partial charge >= 0.3 is 0 Å². The van der Waals surface area contributed by atoms with E-state index in [1.165, 1.54) is 24.1 Å². The van der Waals surface area contributed by atoms with Gasteiger partial charge in [0.2, 0.25) is 0 Å². The second-order valence-electron chi connectivity index (χ2n) is 5.03. The Bertz CT molecular complexity index is 313. The minimum absolute atomic E-state index is 0.538. The summed E-state index contributed by atoms with van der Waals surface area (Å²) in [7, 11) is 0. The predicted octanol–water partition coefficient (Wildman–Crippen LogP) is 4.99. The van der Waals surface area contributed by atoms with Crippen LogP contribution in [0.1, 0.15) is 39.2 Å². The molecule has 0 radical (unpaired) electrons. The van der Waals surface area contributed by atoms with Crippen LogP contribution < -0.4 is 5.32 Å². The highest BCUT2D eigenvalue weighted by Gasteiger charge is 2.04. The van der Waals surface area contributed by atoms with Crippen LogP contribution in [-0.4, -0.2) is 6.04 Å². The minimum atomic E-state index is 0.538. The molecule has 0 aromatic heterocycles. The Hall–Kier alpha value is -0.500. The number of anilines is 1. The van der Waals surface area contributed by atoms with Gasteiger partial charge in [-0.1, -0.05) is 29.8 Å². The SMILES string of the molecule is Cc1cc(Br)cc(NC(C)CCC(C)C)c1. The van der Waals surface area contributed by atoms with E-state index in [0.717, 1.165) is 10.4 Å². The zero-order valence-corrected chi connectivity index (χ0v) is 12.3. The number of halogens is 1. The number of hydrogen-bond acceptors (Lipinski definition) is 1. The summed E-state index contributed by atoms with van der Waals surface area (Å²) < 4.78 is 1.14. The van der Waals surface area contributed by atoms with Crippen LogP contribution in [0.3, 0.4) is 0 Å². The molecule has 1 N–H and O–H groups in total. The van der Waals surface area contributed by atoms with Crippen molar-refractivity contribution in [2.24, 2.45) is 5.92 Å². The van der Waals surface area contributed by atoms with Crippen molar-refractivity contribution in [3.05, 3.63) is 28.2 Å². The molecular weight excluding hydrogens is 262 g/mol. The van der Waals surface area contributed by atoms with Gasteiger partial charge in [-0.25, -0.2) is 0 Å². The Morgan fingerprint density at radius 3 is 2.38 bits per heavy atom. The molecular formula is C14H22BrN. The van der Waals surface area contributed by atoms with Gasteiger partial charge in [0.05, 0.1) is 0 Å². The van der Waals surface area contributed by atoms with Crippen molar-refractivity contribution in [1.82, 2.24) is 0 Å². The topological polar surface area (TPSA) is 12.0 Å². The van der Waals surface area contributed by atoms with Crippen LogP contribution >= 0.6 is 15.9 Å². The molecule has 0 amide bonds. The highest BCUT2D eigenvalue weighted by molar-refractivity contribution is 9.10. The second kappa shape index (κ2) is 6.29. The summed E-state index contributed by atoms with van der Waals surface area (Å²) in [5.74, 6) is 0.786. The summed E-state index contributed by atoms with van der Waals surface area (Å²) in [5, 5.41) is 3.55. The van der Waals surface area contributed by atoms with Crippen molar-refractivity contribution in [2.45, 2.75) is 46.6 Å². The highest BCUT2D eigenvalue weighted by Crippen LogP contribution is 2.20. The Morgan fingerprint density at radius 2 is 1.81 bits per heavy atom. The van der Waals surface area contributed by atoms with E-state index in [4.69, 9.17) is 0 Å². The zero-order chi connectivity index (χ0) is 12.1. The maximum Gasteiger partial charge on any atom is 0.0356 e. The van der Waals surface area contributed by atoms with Crippen molar-refractivity contribution in [3.8, 4) is 0 Å². The largest absolute Gasteiger partial charge is 0.383 e. The average Bonchev–Trinajstić information content (AvgIpc) is 2.12. The molecule has 0 bridgehead atoms. The number of rotatable bonds is 5. The molecule has 1 nitrogen and oxygen atoms in total. The molecule has 0 heterocycles. The van der Waals surface area contributed by atoms with Crippen molar-refractivity contribution in [2.75, 3.05) is 5.32 Å². The molecule has 1 unspecified atom stereocenters. The maximum absolute atomic E-state index is 3.55. The van der Waals surface area contributed by atoms with E-state index in [9.17, 15) is 0 Å². The van der Waals surface area contributed by atoms with Gasteiger partial charge in [-0.05, 0) is 56.4 Å². The molecule has 16 heavy (non-hydrogen) atoms. The fourth-order valence-corrected chi connectivity index (χ4v) is 2.37. The van der Waals surface area contributed by atoms with Crippen LogP contribution in [0.4, 0.5) is 5.69 Å². The summed E-state index contributed by atoms with van der Waals surface area (Å²) >= 11 is 3.53. The minimum Gasteiger partial charge on any atom is -0.383 e. The summed E-state index contributed by atoms with van der Waals surface area (Å²) in [6.45, 7) is 8.92. The third kappa shape index (κ3) is 5.02. The Labute approximate surface area is 108 Å². The van der Waals surface area contributed by atoms with E-state index in [2.05, 4.69) is 67.1 Å². The molecule has 0 spiro atoms. The van der Waals surface area contributed by atoms with E-state index in [1.807, 2.05) is 0 Å². The number of benzene rings is 1. The van der Waals surface area contributed by atoms with Gasteiger partial charge in [-0.2, -0.15) is 0 Å². The molecule has 1 rings (SSSR count). The molecule has 1 aromatic rings.